The van der Waals surface area contributed by atoms with Crippen LogP contribution in [0.25, 0.3) is 10.9 Å². The van der Waals surface area contributed by atoms with Gasteiger partial charge in [0.25, 0.3) is 5.91 Å². The van der Waals surface area contributed by atoms with E-state index < -0.39 is 0 Å². The molecule has 1 atom stereocenters. The number of hydrogen-bond donors (Lipinski definition) is 2. The van der Waals surface area contributed by atoms with Gasteiger partial charge in [-0.3, -0.25) is 4.79 Å². The first kappa shape index (κ1) is 14.1. The number of aromatic nitrogens is 1. The number of nitrogens with one attached hydrogen (secondary N) is 2. The molecule has 23 heavy (non-hydrogen) atoms. The summed E-state index contributed by atoms with van der Waals surface area (Å²) in [7, 11) is 0. The highest BCUT2D eigenvalue weighted by atomic mass is 16.1. The zero-order valence-corrected chi connectivity index (χ0v) is 13.2. The van der Waals surface area contributed by atoms with Crippen molar-refractivity contribution in [1.82, 2.24) is 10.3 Å². The summed E-state index contributed by atoms with van der Waals surface area (Å²) < 4.78 is 0. The Labute approximate surface area is 135 Å². The molecule has 3 aromatic rings. The molecule has 1 unspecified atom stereocenters. The highest BCUT2D eigenvalue weighted by molar-refractivity contribution is 5.94. The Morgan fingerprint density at radius 3 is 2.83 bits per heavy atom. The van der Waals surface area contributed by atoms with E-state index in [1.807, 2.05) is 30.3 Å². The van der Waals surface area contributed by atoms with E-state index >= 15 is 0 Å². The molecule has 0 spiro atoms. The van der Waals surface area contributed by atoms with Gasteiger partial charge in [0.2, 0.25) is 0 Å². The number of carbonyl (C=O) groups excluding carboxylic acids is 1. The Morgan fingerprint density at radius 2 is 2.00 bits per heavy atom. The number of hydrogen-bond acceptors (Lipinski definition) is 1. The summed E-state index contributed by atoms with van der Waals surface area (Å²) in [4.78, 5) is 16.0. The van der Waals surface area contributed by atoms with Crippen LogP contribution >= 0.6 is 0 Å². The highest BCUT2D eigenvalue weighted by Crippen LogP contribution is 2.35. The number of fused-ring (bicyclic) bond motifs is 3. The fourth-order valence-electron chi connectivity index (χ4n) is 3.55. The molecule has 1 amide bonds. The molecule has 1 heterocycles. The van der Waals surface area contributed by atoms with Crippen LogP contribution in [0.5, 0.6) is 0 Å². The molecule has 0 bridgehead atoms. The van der Waals surface area contributed by atoms with Crippen LogP contribution in [0, 0.1) is 6.92 Å². The van der Waals surface area contributed by atoms with Gasteiger partial charge in [0, 0.05) is 22.2 Å². The van der Waals surface area contributed by atoms with Gasteiger partial charge >= 0.3 is 0 Å². The second-order valence-corrected chi connectivity index (χ2v) is 6.35. The van der Waals surface area contributed by atoms with Crippen LogP contribution in [-0.4, -0.2) is 10.9 Å². The minimum absolute atomic E-state index is 0.00159. The molecule has 3 heteroatoms. The number of benzene rings is 2. The summed E-state index contributed by atoms with van der Waals surface area (Å²) in [5.74, 6) is -0.00159. The summed E-state index contributed by atoms with van der Waals surface area (Å²) in [6.45, 7) is 2.12. The van der Waals surface area contributed by atoms with E-state index in [9.17, 15) is 4.79 Å². The molecule has 0 radical (unpaired) electrons. The van der Waals surface area contributed by atoms with E-state index in [0.717, 1.165) is 19.3 Å². The Balaban J connectivity index is 1.68. The molecule has 0 saturated heterocycles. The van der Waals surface area contributed by atoms with Crippen molar-refractivity contribution in [2.45, 2.75) is 32.2 Å². The number of aryl methyl sites for hydroxylation is 2. The maximum atomic E-state index is 12.5. The Hall–Kier alpha value is -2.55. The van der Waals surface area contributed by atoms with Crippen LogP contribution in [0.15, 0.2) is 48.5 Å². The van der Waals surface area contributed by atoms with Gasteiger partial charge in [0.15, 0.2) is 0 Å². The Bertz CT molecular complexity index is 864. The number of rotatable bonds is 2. The first-order chi connectivity index (χ1) is 11.2. The summed E-state index contributed by atoms with van der Waals surface area (Å²) in [6.07, 6.45) is 3.17. The van der Waals surface area contributed by atoms with Crippen LogP contribution in [0.4, 0.5) is 0 Å². The summed E-state index contributed by atoms with van der Waals surface area (Å²) in [5, 5.41) is 4.50. The third-order valence-corrected chi connectivity index (χ3v) is 4.70. The third-order valence-electron chi connectivity index (χ3n) is 4.70. The van der Waals surface area contributed by atoms with Crippen LogP contribution in [0.1, 0.15) is 46.1 Å². The van der Waals surface area contributed by atoms with Crippen molar-refractivity contribution in [1.29, 1.82) is 0 Å². The predicted molar refractivity (Wildman–Crippen MR) is 92.6 cm³/mol. The lowest BCUT2D eigenvalue weighted by Gasteiger charge is -2.24. The Morgan fingerprint density at radius 1 is 1.17 bits per heavy atom. The molecule has 0 aliphatic heterocycles. The third kappa shape index (κ3) is 2.52. The average molecular weight is 304 g/mol. The molecule has 1 aliphatic carbocycles. The van der Waals surface area contributed by atoms with Gasteiger partial charge in [0.05, 0.1) is 6.04 Å². The minimum atomic E-state index is -0.00159. The SMILES string of the molecule is Cc1ccc2[nH]c3c(c2c1)CCCC3NC(=O)c1ccccc1. The first-order valence-electron chi connectivity index (χ1n) is 8.19. The molecule has 1 aromatic heterocycles. The topological polar surface area (TPSA) is 44.9 Å². The summed E-state index contributed by atoms with van der Waals surface area (Å²) >= 11 is 0. The molecule has 116 valence electrons. The van der Waals surface area contributed by atoms with Gasteiger partial charge in [-0.1, -0.05) is 29.8 Å². The van der Waals surface area contributed by atoms with Gasteiger partial charge in [-0.2, -0.15) is 0 Å². The standard InChI is InChI=1S/C20H20N2O/c1-13-10-11-17-16(12-13)15-8-5-9-18(19(15)21-17)22-20(23)14-6-3-2-4-7-14/h2-4,6-7,10-12,18,21H,5,8-9H2,1H3,(H,22,23). The fraction of sp³-hybridized carbons (Fsp3) is 0.250. The van der Waals surface area contributed by atoms with Crippen molar-refractivity contribution >= 4 is 16.8 Å². The van der Waals surface area contributed by atoms with Crippen molar-refractivity contribution < 1.29 is 4.79 Å². The van der Waals surface area contributed by atoms with E-state index in [2.05, 4.69) is 35.4 Å². The highest BCUT2D eigenvalue weighted by Gasteiger charge is 2.25. The molecular formula is C20H20N2O. The lowest BCUT2D eigenvalue weighted by atomic mass is 9.91. The van der Waals surface area contributed by atoms with Crippen molar-refractivity contribution in [3.05, 3.63) is 70.9 Å². The van der Waals surface area contributed by atoms with E-state index in [0.29, 0.717) is 5.56 Å². The van der Waals surface area contributed by atoms with Crippen LogP contribution in [0.3, 0.4) is 0 Å². The zero-order chi connectivity index (χ0) is 15.8. The average Bonchev–Trinajstić information content (AvgIpc) is 2.95. The summed E-state index contributed by atoms with van der Waals surface area (Å²) in [5.41, 5.74) is 5.71. The van der Waals surface area contributed by atoms with Crippen molar-refractivity contribution in [2.75, 3.05) is 0 Å². The molecule has 2 aromatic carbocycles. The van der Waals surface area contributed by atoms with Gasteiger partial charge in [-0.15, -0.1) is 0 Å². The lowest BCUT2D eigenvalue weighted by molar-refractivity contribution is 0.0932. The molecule has 4 rings (SSSR count). The van der Waals surface area contributed by atoms with E-state index in [4.69, 9.17) is 0 Å². The second kappa shape index (κ2) is 5.58. The van der Waals surface area contributed by atoms with Crippen LogP contribution in [0.2, 0.25) is 0 Å². The number of carbonyl (C=O) groups is 1. The van der Waals surface area contributed by atoms with Crippen molar-refractivity contribution in [3.8, 4) is 0 Å². The molecule has 0 saturated carbocycles. The van der Waals surface area contributed by atoms with E-state index in [-0.39, 0.29) is 11.9 Å². The molecular weight excluding hydrogens is 284 g/mol. The van der Waals surface area contributed by atoms with E-state index in [1.165, 1.54) is 27.7 Å². The predicted octanol–water partition coefficient (Wildman–Crippen LogP) is 4.28. The second-order valence-electron chi connectivity index (χ2n) is 6.35. The maximum Gasteiger partial charge on any atom is 0.251 e. The van der Waals surface area contributed by atoms with Crippen LogP contribution < -0.4 is 5.32 Å². The molecule has 1 aliphatic rings. The van der Waals surface area contributed by atoms with E-state index in [1.54, 1.807) is 0 Å². The quantitative estimate of drug-likeness (QED) is 0.729. The van der Waals surface area contributed by atoms with Gasteiger partial charge in [-0.05, 0) is 56.0 Å². The molecule has 2 N–H and O–H groups in total. The summed E-state index contributed by atoms with van der Waals surface area (Å²) in [6, 6.07) is 16.0. The van der Waals surface area contributed by atoms with Crippen molar-refractivity contribution in [3.63, 3.8) is 0 Å². The van der Waals surface area contributed by atoms with Gasteiger partial charge in [-0.25, -0.2) is 0 Å². The molecule has 3 nitrogen and oxygen atoms in total. The number of amides is 1. The maximum absolute atomic E-state index is 12.5. The van der Waals surface area contributed by atoms with Gasteiger partial charge < -0.3 is 10.3 Å². The smallest absolute Gasteiger partial charge is 0.251 e. The monoisotopic (exact) mass is 304 g/mol. The first-order valence-corrected chi connectivity index (χ1v) is 8.19. The lowest BCUT2D eigenvalue weighted by Crippen LogP contribution is -2.31. The Kier molecular flexibility index (Phi) is 3.41. The van der Waals surface area contributed by atoms with Gasteiger partial charge in [0.1, 0.15) is 0 Å². The zero-order valence-electron chi connectivity index (χ0n) is 13.2. The largest absolute Gasteiger partial charge is 0.356 e. The molecule has 0 fully saturated rings. The number of H-pyrrole nitrogens is 1. The normalized spacial score (nSPS) is 17.0. The van der Waals surface area contributed by atoms with Crippen LogP contribution in [-0.2, 0) is 6.42 Å². The van der Waals surface area contributed by atoms with Crippen molar-refractivity contribution in [2.24, 2.45) is 0 Å². The number of aromatic amines is 1. The minimum Gasteiger partial charge on any atom is -0.356 e. The fourth-order valence-corrected chi connectivity index (χ4v) is 3.55.